The van der Waals surface area contributed by atoms with Crippen LogP contribution in [0.2, 0.25) is 0 Å². The van der Waals surface area contributed by atoms with E-state index in [1.54, 1.807) is 42.2 Å². The predicted octanol–water partition coefficient (Wildman–Crippen LogP) is 2.32. The van der Waals surface area contributed by atoms with E-state index in [1.165, 1.54) is 0 Å². The molecule has 0 atom stereocenters. The van der Waals surface area contributed by atoms with E-state index in [2.05, 4.69) is 10.4 Å². The van der Waals surface area contributed by atoms with Gasteiger partial charge < -0.3 is 5.32 Å². The third-order valence-electron chi connectivity index (χ3n) is 4.44. The summed E-state index contributed by atoms with van der Waals surface area (Å²) in [5.41, 5.74) is 2.80. The number of nitrogens with zero attached hydrogens (tertiary/aromatic N) is 3. The molecule has 134 valence electrons. The molecule has 0 radical (unpaired) electrons. The van der Waals surface area contributed by atoms with Crippen LogP contribution in [-0.4, -0.2) is 38.9 Å². The number of anilines is 1. The molecule has 27 heavy (non-hydrogen) atoms. The van der Waals surface area contributed by atoms with Gasteiger partial charge in [0.15, 0.2) is 0 Å². The average molecular weight is 360 g/mol. The normalized spacial score (nSPS) is 13.0. The Hall–Kier alpha value is -3.74. The van der Waals surface area contributed by atoms with Crippen molar-refractivity contribution >= 4 is 23.4 Å². The number of hydrogen-bond donors (Lipinski definition) is 1. The molecule has 0 saturated heterocycles. The van der Waals surface area contributed by atoms with E-state index in [9.17, 15) is 14.4 Å². The number of aryl methyl sites for hydroxylation is 1. The molecule has 2 heterocycles. The molecule has 2 aromatic carbocycles. The lowest BCUT2D eigenvalue weighted by Gasteiger charge is -2.14. The lowest BCUT2D eigenvalue weighted by molar-refractivity contribution is -0.116. The van der Waals surface area contributed by atoms with E-state index in [0.717, 1.165) is 16.2 Å². The van der Waals surface area contributed by atoms with Crippen LogP contribution in [0.1, 0.15) is 20.7 Å². The number of carbonyl (C=O) groups is 3. The lowest BCUT2D eigenvalue weighted by atomic mass is 10.1. The van der Waals surface area contributed by atoms with E-state index < -0.39 is 17.7 Å². The second kappa shape index (κ2) is 6.53. The first kappa shape index (κ1) is 16.7. The maximum atomic E-state index is 12.5. The first-order valence-corrected chi connectivity index (χ1v) is 8.39. The molecule has 3 amide bonds. The largest absolute Gasteiger partial charge is 0.321 e. The van der Waals surface area contributed by atoms with Crippen molar-refractivity contribution in [3.63, 3.8) is 0 Å². The Morgan fingerprint density at radius 1 is 0.963 bits per heavy atom. The van der Waals surface area contributed by atoms with Crippen molar-refractivity contribution in [1.29, 1.82) is 0 Å². The third kappa shape index (κ3) is 2.89. The monoisotopic (exact) mass is 360 g/mol. The van der Waals surface area contributed by atoms with Crippen molar-refractivity contribution in [1.82, 2.24) is 14.7 Å². The minimum Gasteiger partial charge on any atom is -0.321 e. The molecule has 0 bridgehead atoms. The van der Waals surface area contributed by atoms with Crippen LogP contribution < -0.4 is 5.32 Å². The van der Waals surface area contributed by atoms with Crippen LogP contribution in [0, 0.1) is 0 Å². The van der Waals surface area contributed by atoms with Crippen molar-refractivity contribution in [2.24, 2.45) is 7.05 Å². The molecule has 0 unspecified atom stereocenters. The van der Waals surface area contributed by atoms with E-state index in [1.807, 2.05) is 30.3 Å². The highest BCUT2D eigenvalue weighted by Gasteiger charge is 2.36. The van der Waals surface area contributed by atoms with Crippen LogP contribution >= 0.6 is 0 Å². The van der Waals surface area contributed by atoms with Crippen LogP contribution in [-0.2, 0) is 11.8 Å². The summed E-state index contributed by atoms with van der Waals surface area (Å²) in [6.07, 6.45) is 1.54. The zero-order valence-corrected chi connectivity index (χ0v) is 14.5. The van der Waals surface area contributed by atoms with Gasteiger partial charge in [-0.1, -0.05) is 42.5 Å². The van der Waals surface area contributed by atoms with Gasteiger partial charge in [-0.3, -0.25) is 24.0 Å². The Labute approximate surface area is 155 Å². The Kier molecular flexibility index (Phi) is 4.04. The Morgan fingerprint density at radius 2 is 1.56 bits per heavy atom. The minimum atomic E-state index is -0.463. The maximum Gasteiger partial charge on any atom is 0.262 e. The molecule has 1 N–H and O–H groups in total. The molecular formula is C20H16N4O3. The molecule has 4 rings (SSSR count). The van der Waals surface area contributed by atoms with Gasteiger partial charge >= 0.3 is 0 Å². The molecule has 0 saturated carbocycles. The van der Waals surface area contributed by atoms with Crippen molar-refractivity contribution < 1.29 is 14.4 Å². The van der Waals surface area contributed by atoms with Gasteiger partial charge in [-0.05, 0) is 12.1 Å². The lowest BCUT2D eigenvalue weighted by Crippen LogP contribution is -2.37. The summed E-state index contributed by atoms with van der Waals surface area (Å²) < 4.78 is 1.66. The van der Waals surface area contributed by atoms with E-state index >= 15 is 0 Å². The highest BCUT2D eigenvalue weighted by Crippen LogP contribution is 2.27. The summed E-state index contributed by atoms with van der Waals surface area (Å²) in [6.45, 7) is -0.352. The van der Waals surface area contributed by atoms with Crippen molar-refractivity contribution in [2.75, 3.05) is 11.9 Å². The van der Waals surface area contributed by atoms with Crippen LogP contribution in [0.4, 0.5) is 5.69 Å². The topological polar surface area (TPSA) is 84.3 Å². The summed E-state index contributed by atoms with van der Waals surface area (Å²) in [5, 5.41) is 6.95. The summed E-state index contributed by atoms with van der Waals surface area (Å²) in [5.74, 6) is -1.38. The molecule has 0 fully saturated rings. The third-order valence-corrected chi connectivity index (χ3v) is 4.44. The van der Waals surface area contributed by atoms with Gasteiger partial charge in [-0.25, -0.2) is 0 Å². The zero-order valence-electron chi connectivity index (χ0n) is 14.5. The number of amides is 3. The summed E-state index contributed by atoms with van der Waals surface area (Å²) in [4.78, 5) is 38.3. The number of rotatable bonds is 4. The molecule has 7 nitrogen and oxygen atoms in total. The van der Waals surface area contributed by atoms with E-state index in [-0.39, 0.29) is 6.54 Å². The van der Waals surface area contributed by atoms with Crippen molar-refractivity contribution in [2.45, 2.75) is 0 Å². The Morgan fingerprint density at radius 3 is 2.19 bits per heavy atom. The standard InChI is InChI=1S/C20H16N4O3/c1-23-18(13-7-3-2-4-8-13)16(11-21-23)22-17(25)12-24-19(26)14-9-5-6-10-15(14)20(24)27/h2-11H,12H2,1H3,(H,22,25). The fraction of sp³-hybridized carbons (Fsp3) is 0.100. The number of imide groups is 1. The maximum absolute atomic E-state index is 12.5. The fourth-order valence-corrected chi connectivity index (χ4v) is 3.18. The molecule has 0 spiro atoms. The van der Waals surface area contributed by atoms with Gasteiger partial charge in [0.05, 0.1) is 28.7 Å². The van der Waals surface area contributed by atoms with Crippen molar-refractivity contribution in [3.8, 4) is 11.3 Å². The second-order valence-corrected chi connectivity index (χ2v) is 6.19. The summed E-state index contributed by atoms with van der Waals surface area (Å²) >= 11 is 0. The molecule has 7 heteroatoms. The SMILES string of the molecule is Cn1ncc(NC(=O)CN2C(=O)c3ccccc3C2=O)c1-c1ccccc1. The second-order valence-electron chi connectivity index (χ2n) is 6.19. The fourth-order valence-electron chi connectivity index (χ4n) is 3.18. The quantitative estimate of drug-likeness (QED) is 0.724. The molecular weight excluding hydrogens is 344 g/mol. The van der Waals surface area contributed by atoms with Crippen LogP contribution in [0.15, 0.2) is 60.8 Å². The number of carbonyl (C=O) groups excluding carboxylic acids is 3. The molecule has 1 aliphatic heterocycles. The predicted molar refractivity (Wildman–Crippen MR) is 99.1 cm³/mol. The number of hydrogen-bond acceptors (Lipinski definition) is 4. The molecule has 1 aliphatic rings. The summed E-state index contributed by atoms with van der Waals surface area (Å²) in [7, 11) is 1.78. The Bertz CT molecular complexity index is 1020. The Balaban J connectivity index is 1.54. The first-order chi connectivity index (χ1) is 13.1. The number of aromatic nitrogens is 2. The van der Waals surface area contributed by atoms with Gasteiger partial charge in [0.2, 0.25) is 5.91 Å². The number of benzene rings is 2. The highest BCUT2D eigenvalue weighted by atomic mass is 16.2. The molecule has 0 aliphatic carbocycles. The van der Waals surface area contributed by atoms with Gasteiger partial charge in [-0.2, -0.15) is 5.10 Å². The number of fused-ring (bicyclic) bond motifs is 1. The van der Waals surface area contributed by atoms with Crippen molar-refractivity contribution in [3.05, 3.63) is 71.9 Å². The van der Waals surface area contributed by atoms with Crippen LogP contribution in [0.5, 0.6) is 0 Å². The van der Waals surface area contributed by atoms with E-state index in [0.29, 0.717) is 16.8 Å². The number of nitrogens with one attached hydrogen (secondary N) is 1. The summed E-state index contributed by atoms with van der Waals surface area (Å²) in [6, 6.07) is 16.1. The van der Waals surface area contributed by atoms with Crippen LogP contribution in [0.25, 0.3) is 11.3 Å². The first-order valence-electron chi connectivity index (χ1n) is 8.39. The minimum absolute atomic E-state index is 0.321. The smallest absolute Gasteiger partial charge is 0.262 e. The molecule has 1 aromatic heterocycles. The molecule has 3 aromatic rings. The highest BCUT2D eigenvalue weighted by molar-refractivity contribution is 6.22. The van der Waals surface area contributed by atoms with Gasteiger partial charge in [-0.15, -0.1) is 0 Å². The van der Waals surface area contributed by atoms with Gasteiger partial charge in [0, 0.05) is 12.6 Å². The zero-order chi connectivity index (χ0) is 19.0. The average Bonchev–Trinajstić information content (AvgIpc) is 3.15. The van der Waals surface area contributed by atoms with Crippen LogP contribution in [0.3, 0.4) is 0 Å². The van der Waals surface area contributed by atoms with Gasteiger partial charge in [0.1, 0.15) is 6.54 Å². The van der Waals surface area contributed by atoms with E-state index in [4.69, 9.17) is 0 Å². The van der Waals surface area contributed by atoms with Gasteiger partial charge in [0.25, 0.3) is 11.8 Å².